The van der Waals surface area contributed by atoms with Crippen molar-refractivity contribution in [3.63, 3.8) is 0 Å². The summed E-state index contributed by atoms with van der Waals surface area (Å²) in [5, 5.41) is 13.8. The number of fused-ring (bicyclic) bond motifs is 1. The van der Waals surface area contributed by atoms with E-state index in [4.69, 9.17) is 5.73 Å². The van der Waals surface area contributed by atoms with E-state index in [9.17, 15) is 4.79 Å². The van der Waals surface area contributed by atoms with Crippen molar-refractivity contribution in [2.45, 2.75) is 33.2 Å². The summed E-state index contributed by atoms with van der Waals surface area (Å²) in [6, 6.07) is 3.74. The summed E-state index contributed by atoms with van der Waals surface area (Å²) in [5.41, 5.74) is 5.86. The van der Waals surface area contributed by atoms with Gasteiger partial charge < -0.3 is 11.1 Å². The van der Waals surface area contributed by atoms with Crippen LogP contribution in [0.1, 0.15) is 27.2 Å². The van der Waals surface area contributed by atoms with E-state index in [-0.39, 0.29) is 17.1 Å². The summed E-state index contributed by atoms with van der Waals surface area (Å²) in [4.78, 5) is 11.5. The van der Waals surface area contributed by atoms with E-state index in [1.807, 2.05) is 6.07 Å². The lowest BCUT2D eigenvalue weighted by molar-refractivity contribution is 0.328. The number of rotatable bonds is 4. The Kier molecular flexibility index (Phi) is 3.57. The lowest BCUT2D eigenvalue weighted by atomic mass is 9.85. The van der Waals surface area contributed by atoms with Crippen molar-refractivity contribution in [2.24, 2.45) is 11.1 Å². The summed E-state index contributed by atoms with van der Waals surface area (Å²) in [6.07, 6.45) is 0.837. The Morgan fingerprint density at radius 2 is 2.21 bits per heavy atom. The zero-order valence-electron chi connectivity index (χ0n) is 11.5. The Morgan fingerprint density at radius 1 is 1.47 bits per heavy atom. The van der Waals surface area contributed by atoms with Crippen molar-refractivity contribution in [3.8, 4) is 0 Å². The Bertz CT molecular complexity index is 608. The van der Waals surface area contributed by atoms with Crippen LogP contribution in [0.25, 0.3) is 5.65 Å². The molecular formula is C12H20N6O. The fourth-order valence-corrected chi connectivity index (χ4v) is 1.95. The van der Waals surface area contributed by atoms with Gasteiger partial charge in [-0.3, -0.25) is 0 Å². The minimum Gasteiger partial charge on any atom is -0.365 e. The molecule has 0 amide bonds. The lowest BCUT2D eigenvalue weighted by Crippen LogP contribution is -2.36. The van der Waals surface area contributed by atoms with Crippen LogP contribution >= 0.6 is 0 Å². The predicted molar refractivity (Wildman–Crippen MR) is 74.1 cm³/mol. The maximum absolute atomic E-state index is 11.5. The first-order valence-electron chi connectivity index (χ1n) is 6.33. The molecule has 0 aliphatic carbocycles. The van der Waals surface area contributed by atoms with Gasteiger partial charge in [-0.1, -0.05) is 20.8 Å². The van der Waals surface area contributed by atoms with Crippen LogP contribution in [0.2, 0.25) is 0 Å². The third kappa shape index (κ3) is 2.93. The van der Waals surface area contributed by atoms with Crippen molar-refractivity contribution in [3.05, 3.63) is 22.6 Å². The highest BCUT2D eigenvalue weighted by Crippen LogP contribution is 2.24. The van der Waals surface area contributed by atoms with Crippen molar-refractivity contribution in [1.82, 2.24) is 19.8 Å². The lowest BCUT2D eigenvalue weighted by Gasteiger charge is -2.31. The molecule has 0 saturated heterocycles. The minimum absolute atomic E-state index is 0.0529. The molecule has 0 aliphatic heterocycles. The first kappa shape index (κ1) is 13.5. The van der Waals surface area contributed by atoms with Gasteiger partial charge in [-0.2, -0.15) is 9.61 Å². The molecule has 2 heterocycles. The van der Waals surface area contributed by atoms with Gasteiger partial charge in [0.15, 0.2) is 5.65 Å². The molecule has 0 aliphatic rings. The van der Waals surface area contributed by atoms with E-state index in [2.05, 4.69) is 41.4 Å². The molecule has 0 radical (unpaired) electrons. The number of aromatic nitrogens is 4. The third-order valence-corrected chi connectivity index (χ3v) is 3.10. The van der Waals surface area contributed by atoms with Gasteiger partial charge in [0.2, 0.25) is 0 Å². The molecule has 19 heavy (non-hydrogen) atoms. The summed E-state index contributed by atoms with van der Waals surface area (Å²) in [7, 11) is 0. The zero-order valence-corrected chi connectivity index (χ0v) is 11.5. The van der Waals surface area contributed by atoms with Crippen molar-refractivity contribution < 1.29 is 0 Å². The number of hydrogen-bond donors (Lipinski definition) is 3. The molecule has 2 rings (SSSR count). The van der Waals surface area contributed by atoms with Gasteiger partial charge in [-0.15, -0.1) is 5.10 Å². The fourth-order valence-electron chi connectivity index (χ4n) is 1.95. The van der Waals surface area contributed by atoms with Gasteiger partial charge in [0.1, 0.15) is 5.82 Å². The Balaban J connectivity index is 2.28. The Morgan fingerprint density at radius 3 is 2.84 bits per heavy atom. The topological polar surface area (TPSA) is 101 Å². The number of nitrogens with one attached hydrogen (secondary N) is 2. The highest BCUT2D eigenvalue weighted by Gasteiger charge is 2.24. The molecule has 2 aromatic heterocycles. The minimum atomic E-state index is -0.343. The smallest absolute Gasteiger partial charge is 0.364 e. The molecule has 1 unspecified atom stereocenters. The summed E-state index contributed by atoms with van der Waals surface area (Å²) < 4.78 is 1.24. The monoisotopic (exact) mass is 264 g/mol. The van der Waals surface area contributed by atoms with E-state index in [1.54, 1.807) is 6.07 Å². The molecule has 7 nitrogen and oxygen atoms in total. The Labute approximate surface area is 111 Å². The zero-order chi connectivity index (χ0) is 14.0. The molecule has 7 heteroatoms. The van der Waals surface area contributed by atoms with Gasteiger partial charge in [0, 0.05) is 6.04 Å². The van der Waals surface area contributed by atoms with Crippen LogP contribution in [0.4, 0.5) is 5.82 Å². The van der Waals surface area contributed by atoms with Crippen molar-refractivity contribution in [2.75, 3.05) is 11.9 Å². The summed E-state index contributed by atoms with van der Waals surface area (Å²) in [6.45, 7) is 7.03. The maximum atomic E-state index is 11.5. The molecule has 104 valence electrons. The van der Waals surface area contributed by atoms with Crippen LogP contribution in [-0.2, 0) is 0 Å². The standard InChI is InChI=1S/C12H20N6O/c1-12(2,3)8(6-7-13)14-9-4-5-10-15-16-11(19)18(10)17-9/h4-5,8H,6-7,13H2,1-3H3,(H,14,17)(H,16,19). The predicted octanol–water partition coefficient (Wildman–Crippen LogP) is 0.593. The van der Waals surface area contributed by atoms with Crippen LogP contribution in [0, 0.1) is 5.41 Å². The maximum Gasteiger partial charge on any atom is 0.364 e. The normalized spacial score (nSPS) is 13.7. The van der Waals surface area contributed by atoms with Crippen molar-refractivity contribution >= 4 is 11.5 Å². The molecule has 4 N–H and O–H groups in total. The van der Waals surface area contributed by atoms with E-state index < -0.39 is 0 Å². The van der Waals surface area contributed by atoms with Crippen LogP contribution in [0.15, 0.2) is 16.9 Å². The van der Waals surface area contributed by atoms with E-state index in [0.29, 0.717) is 18.0 Å². The van der Waals surface area contributed by atoms with Crippen LogP contribution in [-0.4, -0.2) is 32.4 Å². The van der Waals surface area contributed by atoms with E-state index in [0.717, 1.165) is 6.42 Å². The number of aromatic amines is 1. The average Bonchev–Trinajstić information content (AvgIpc) is 2.69. The second-order valence-corrected chi connectivity index (χ2v) is 5.66. The van der Waals surface area contributed by atoms with E-state index >= 15 is 0 Å². The largest absolute Gasteiger partial charge is 0.365 e. The van der Waals surface area contributed by atoms with Crippen LogP contribution in [0.5, 0.6) is 0 Å². The number of nitrogens with zero attached hydrogens (tertiary/aromatic N) is 3. The summed E-state index contributed by atoms with van der Waals surface area (Å²) in [5.74, 6) is 0.643. The van der Waals surface area contributed by atoms with E-state index in [1.165, 1.54) is 4.52 Å². The molecule has 0 bridgehead atoms. The van der Waals surface area contributed by atoms with Gasteiger partial charge in [-0.05, 0) is 30.5 Å². The number of H-pyrrole nitrogens is 1. The molecule has 0 aromatic carbocycles. The fraction of sp³-hybridized carbons (Fsp3) is 0.583. The molecule has 0 saturated carbocycles. The van der Waals surface area contributed by atoms with Gasteiger partial charge >= 0.3 is 5.69 Å². The average molecular weight is 264 g/mol. The number of anilines is 1. The SMILES string of the molecule is CC(C)(C)C(CCN)Nc1ccc2n[nH]c(=O)n2n1. The number of nitrogens with two attached hydrogens (primary N) is 1. The molecular weight excluding hydrogens is 244 g/mol. The van der Waals surface area contributed by atoms with Gasteiger partial charge in [0.05, 0.1) is 0 Å². The quantitative estimate of drug-likeness (QED) is 0.750. The molecule has 0 fully saturated rings. The molecule has 2 aromatic rings. The second-order valence-electron chi connectivity index (χ2n) is 5.66. The first-order chi connectivity index (χ1) is 8.91. The third-order valence-electron chi connectivity index (χ3n) is 3.10. The van der Waals surface area contributed by atoms with Crippen molar-refractivity contribution in [1.29, 1.82) is 0 Å². The number of hydrogen-bond acceptors (Lipinski definition) is 5. The second kappa shape index (κ2) is 5.00. The molecule has 0 spiro atoms. The highest BCUT2D eigenvalue weighted by molar-refractivity contribution is 5.43. The molecule has 1 atom stereocenters. The Hall–Kier alpha value is -1.89. The summed E-state index contributed by atoms with van der Waals surface area (Å²) >= 11 is 0. The van der Waals surface area contributed by atoms with Gasteiger partial charge in [0.25, 0.3) is 0 Å². The van der Waals surface area contributed by atoms with Crippen LogP contribution < -0.4 is 16.7 Å². The first-order valence-corrected chi connectivity index (χ1v) is 6.33. The highest BCUT2D eigenvalue weighted by atomic mass is 16.2. The van der Waals surface area contributed by atoms with Gasteiger partial charge in [-0.25, -0.2) is 9.89 Å². The van der Waals surface area contributed by atoms with Crippen LogP contribution in [0.3, 0.4) is 0 Å².